The van der Waals surface area contributed by atoms with Crippen molar-refractivity contribution < 1.29 is 4.79 Å². The Morgan fingerprint density at radius 1 is 1.10 bits per heavy atom. The highest BCUT2D eigenvalue weighted by atomic mass is 35.5. The van der Waals surface area contributed by atoms with E-state index in [1.807, 2.05) is 0 Å². The monoisotopic (exact) mass is 298 g/mol. The molecule has 0 aromatic rings. The minimum absolute atomic E-state index is 0. The van der Waals surface area contributed by atoms with E-state index in [9.17, 15) is 4.79 Å². The SMILES string of the molecule is Cl.O=C1CNCCN1CCC12CC3CC(CC(C3)C1)C2. The summed E-state index contributed by atoms with van der Waals surface area (Å²) in [6.45, 7) is 3.48. The van der Waals surface area contributed by atoms with Gasteiger partial charge in [0.2, 0.25) is 5.91 Å². The number of nitrogens with one attached hydrogen (secondary N) is 1. The zero-order valence-corrected chi connectivity index (χ0v) is 13.1. The van der Waals surface area contributed by atoms with Gasteiger partial charge in [0.1, 0.15) is 0 Å². The summed E-state index contributed by atoms with van der Waals surface area (Å²) in [6, 6.07) is 0. The van der Waals surface area contributed by atoms with Crippen molar-refractivity contribution in [2.45, 2.75) is 44.9 Å². The van der Waals surface area contributed by atoms with E-state index in [4.69, 9.17) is 0 Å². The lowest BCUT2D eigenvalue weighted by Gasteiger charge is -2.57. The predicted octanol–water partition coefficient (Wildman–Crippen LogP) is 2.45. The van der Waals surface area contributed by atoms with Gasteiger partial charge < -0.3 is 10.2 Å². The third-order valence-corrected chi connectivity index (χ3v) is 6.26. The topological polar surface area (TPSA) is 32.3 Å². The molecule has 1 N–H and O–H groups in total. The molecule has 0 aromatic heterocycles. The number of hydrogen-bond donors (Lipinski definition) is 1. The molecule has 1 saturated heterocycles. The first-order valence-electron chi connectivity index (χ1n) is 8.21. The van der Waals surface area contributed by atoms with Crippen LogP contribution in [0, 0.1) is 23.2 Å². The predicted molar refractivity (Wildman–Crippen MR) is 81.9 cm³/mol. The van der Waals surface area contributed by atoms with Crippen LogP contribution in [-0.2, 0) is 4.79 Å². The molecule has 114 valence electrons. The Morgan fingerprint density at radius 2 is 1.70 bits per heavy atom. The van der Waals surface area contributed by atoms with Crippen molar-refractivity contribution in [3.05, 3.63) is 0 Å². The van der Waals surface area contributed by atoms with E-state index >= 15 is 0 Å². The Kier molecular flexibility index (Phi) is 4.02. The first-order valence-corrected chi connectivity index (χ1v) is 8.21. The zero-order valence-electron chi connectivity index (χ0n) is 12.3. The summed E-state index contributed by atoms with van der Waals surface area (Å²) < 4.78 is 0. The third kappa shape index (κ3) is 2.59. The lowest BCUT2D eigenvalue weighted by Crippen LogP contribution is -2.51. The number of rotatable bonds is 3. The molecule has 4 bridgehead atoms. The Balaban J connectivity index is 0.00000121. The number of hydrogen-bond acceptors (Lipinski definition) is 2. The van der Waals surface area contributed by atoms with Crippen LogP contribution >= 0.6 is 12.4 Å². The molecule has 0 spiro atoms. The maximum atomic E-state index is 11.9. The first kappa shape index (κ1) is 14.6. The van der Waals surface area contributed by atoms with Crippen molar-refractivity contribution in [1.82, 2.24) is 10.2 Å². The van der Waals surface area contributed by atoms with Gasteiger partial charge in [-0.05, 0) is 68.1 Å². The summed E-state index contributed by atoms with van der Waals surface area (Å²) in [5.74, 6) is 3.41. The molecule has 5 aliphatic rings. The van der Waals surface area contributed by atoms with Gasteiger partial charge in [-0.15, -0.1) is 12.4 Å². The van der Waals surface area contributed by atoms with Crippen LogP contribution in [0.25, 0.3) is 0 Å². The maximum absolute atomic E-state index is 11.9. The summed E-state index contributed by atoms with van der Waals surface area (Å²) in [5.41, 5.74) is 0.625. The van der Waals surface area contributed by atoms with Crippen LogP contribution in [0.3, 0.4) is 0 Å². The van der Waals surface area contributed by atoms with Gasteiger partial charge in [-0.1, -0.05) is 0 Å². The number of amides is 1. The van der Waals surface area contributed by atoms with Crippen LogP contribution in [0.2, 0.25) is 0 Å². The number of nitrogens with zero attached hydrogens (tertiary/aromatic N) is 1. The molecular formula is C16H27ClN2O. The Morgan fingerprint density at radius 3 is 2.25 bits per heavy atom. The summed E-state index contributed by atoms with van der Waals surface area (Å²) in [6.07, 6.45) is 10.3. The Hall–Kier alpha value is -0.280. The standard InChI is InChI=1S/C16H26N2O.ClH/c19-15-11-17-2-4-18(15)3-1-16-8-12-5-13(9-16)7-14(6-12)10-16;/h12-14,17H,1-11H2;1H. The highest BCUT2D eigenvalue weighted by Gasteiger charge is 2.50. The van der Waals surface area contributed by atoms with Crippen LogP contribution in [0.1, 0.15) is 44.9 Å². The van der Waals surface area contributed by atoms with Crippen molar-refractivity contribution in [1.29, 1.82) is 0 Å². The second-order valence-corrected chi connectivity index (χ2v) is 7.73. The summed E-state index contributed by atoms with van der Waals surface area (Å²) in [5, 5.41) is 3.17. The van der Waals surface area contributed by atoms with Crippen LogP contribution in [0.15, 0.2) is 0 Å². The van der Waals surface area contributed by atoms with E-state index in [1.54, 1.807) is 0 Å². The van der Waals surface area contributed by atoms with Crippen LogP contribution in [-0.4, -0.2) is 37.0 Å². The molecule has 4 aliphatic carbocycles. The minimum atomic E-state index is 0. The second-order valence-electron chi connectivity index (χ2n) is 7.73. The quantitative estimate of drug-likeness (QED) is 0.868. The summed E-state index contributed by atoms with van der Waals surface area (Å²) >= 11 is 0. The summed E-state index contributed by atoms with van der Waals surface area (Å²) in [7, 11) is 0. The molecule has 20 heavy (non-hydrogen) atoms. The maximum Gasteiger partial charge on any atom is 0.236 e. The lowest BCUT2D eigenvalue weighted by molar-refractivity contribution is -0.133. The minimum Gasteiger partial charge on any atom is -0.340 e. The van der Waals surface area contributed by atoms with Gasteiger partial charge in [0.15, 0.2) is 0 Å². The molecule has 0 atom stereocenters. The van der Waals surface area contributed by atoms with Gasteiger partial charge >= 0.3 is 0 Å². The Bertz CT molecular complexity index is 349. The normalized spacial score (nSPS) is 42.7. The molecule has 0 aromatic carbocycles. The molecule has 4 saturated carbocycles. The third-order valence-electron chi connectivity index (χ3n) is 6.26. The summed E-state index contributed by atoms with van der Waals surface area (Å²) in [4.78, 5) is 14.0. The fourth-order valence-corrected chi connectivity index (χ4v) is 5.85. The highest BCUT2D eigenvalue weighted by Crippen LogP contribution is 2.61. The van der Waals surface area contributed by atoms with E-state index in [1.165, 1.54) is 44.9 Å². The number of piperazine rings is 1. The molecule has 1 amide bonds. The van der Waals surface area contributed by atoms with Crippen LogP contribution in [0.4, 0.5) is 0 Å². The van der Waals surface area contributed by atoms with Gasteiger partial charge in [0.25, 0.3) is 0 Å². The number of carbonyl (C=O) groups is 1. The van der Waals surface area contributed by atoms with Gasteiger partial charge in [0.05, 0.1) is 6.54 Å². The fraction of sp³-hybridized carbons (Fsp3) is 0.938. The number of halogens is 1. The average molecular weight is 299 g/mol. The van der Waals surface area contributed by atoms with Gasteiger partial charge in [0, 0.05) is 19.6 Å². The van der Waals surface area contributed by atoms with Crippen molar-refractivity contribution >= 4 is 18.3 Å². The van der Waals surface area contributed by atoms with E-state index < -0.39 is 0 Å². The number of carbonyl (C=O) groups excluding carboxylic acids is 1. The van der Waals surface area contributed by atoms with E-state index in [-0.39, 0.29) is 12.4 Å². The van der Waals surface area contributed by atoms with Crippen molar-refractivity contribution in [2.24, 2.45) is 23.2 Å². The van der Waals surface area contributed by atoms with E-state index in [2.05, 4.69) is 10.2 Å². The molecule has 1 heterocycles. The van der Waals surface area contributed by atoms with Gasteiger partial charge in [-0.25, -0.2) is 0 Å². The average Bonchev–Trinajstić information content (AvgIpc) is 2.36. The smallest absolute Gasteiger partial charge is 0.236 e. The van der Waals surface area contributed by atoms with Crippen molar-refractivity contribution in [2.75, 3.05) is 26.2 Å². The largest absolute Gasteiger partial charge is 0.340 e. The fourth-order valence-electron chi connectivity index (χ4n) is 5.85. The molecular weight excluding hydrogens is 272 g/mol. The van der Waals surface area contributed by atoms with Crippen LogP contribution in [0.5, 0.6) is 0 Å². The van der Waals surface area contributed by atoms with Crippen LogP contribution < -0.4 is 5.32 Å². The van der Waals surface area contributed by atoms with Crippen molar-refractivity contribution in [3.63, 3.8) is 0 Å². The molecule has 5 rings (SSSR count). The molecule has 3 nitrogen and oxygen atoms in total. The zero-order chi connectivity index (χ0) is 12.9. The molecule has 5 fully saturated rings. The van der Waals surface area contributed by atoms with E-state index in [0.29, 0.717) is 17.9 Å². The van der Waals surface area contributed by atoms with Gasteiger partial charge in [-0.3, -0.25) is 4.79 Å². The van der Waals surface area contributed by atoms with Crippen molar-refractivity contribution in [3.8, 4) is 0 Å². The van der Waals surface area contributed by atoms with Gasteiger partial charge in [-0.2, -0.15) is 0 Å². The lowest BCUT2D eigenvalue weighted by atomic mass is 9.49. The Labute approximate surface area is 128 Å². The molecule has 0 radical (unpaired) electrons. The molecule has 1 aliphatic heterocycles. The second kappa shape index (κ2) is 5.49. The van der Waals surface area contributed by atoms with E-state index in [0.717, 1.165) is 37.4 Å². The molecule has 0 unspecified atom stereocenters. The molecule has 4 heteroatoms. The first-order chi connectivity index (χ1) is 9.22. The highest BCUT2D eigenvalue weighted by molar-refractivity contribution is 5.85.